The van der Waals surface area contributed by atoms with Crippen LogP contribution in [0.25, 0.3) is 11.1 Å². The zero-order valence-electron chi connectivity index (χ0n) is 8.90. The largest absolute Gasteiger partial charge is 0.207 e. The van der Waals surface area contributed by atoms with E-state index in [0.717, 1.165) is 6.07 Å². The average molecular weight is 240 g/mol. The van der Waals surface area contributed by atoms with Gasteiger partial charge in [-0.1, -0.05) is 6.07 Å². The minimum absolute atomic E-state index is 0.0833. The molecule has 0 atom stereocenters. The number of benzene rings is 2. The Balaban J connectivity index is 2.72. The Morgan fingerprint density at radius 2 is 1.35 bits per heavy atom. The number of rotatable bonds is 1. The summed E-state index contributed by atoms with van der Waals surface area (Å²) < 4.78 is 52.8. The fourth-order valence-electron chi connectivity index (χ4n) is 1.66. The lowest BCUT2D eigenvalue weighted by atomic mass is 9.99. The standard InChI is InChI=1S/C13H8F4/c1-7-2-3-8(14)4-10(7)13-11(16)5-9(15)6-12(13)17/h2-6H,1H3. The summed E-state index contributed by atoms with van der Waals surface area (Å²) in [7, 11) is 0. The summed E-state index contributed by atoms with van der Waals surface area (Å²) in [6.45, 7) is 1.59. The van der Waals surface area contributed by atoms with Crippen LogP contribution in [-0.4, -0.2) is 0 Å². The van der Waals surface area contributed by atoms with E-state index in [1.54, 1.807) is 6.92 Å². The molecule has 17 heavy (non-hydrogen) atoms. The molecule has 0 bridgehead atoms. The molecule has 0 spiro atoms. The van der Waals surface area contributed by atoms with Crippen molar-refractivity contribution in [3.8, 4) is 11.1 Å². The van der Waals surface area contributed by atoms with E-state index < -0.39 is 28.8 Å². The van der Waals surface area contributed by atoms with Crippen LogP contribution in [0.5, 0.6) is 0 Å². The third-order valence-corrected chi connectivity index (χ3v) is 2.48. The molecule has 0 aromatic heterocycles. The lowest BCUT2D eigenvalue weighted by molar-refractivity contribution is 0.547. The van der Waals surface area contributed by atoms with Crippen molar-refractivity contribution in [2.75, 3.05) is 0 Å². The van der Waals surface area contributed by atoms with E-state index in [9.17, 15) is 17.6 Å². The minimum atomic E-state index is -1.05. The topological polar surface area (TPSA) is 0 Å². The lowest BCUT2D eigenvalue weighted by Crippen LogP contribution is -1.95. The van der Waals surface area contributed by atoms with Crippen molar-refractivity contribution in [2.24, 2.45) is 0 Å². The van der Waals surface area contributed by atoms with Gasteiger partial charge in [-0.2, -0.15) is 0 Å². The third kappa shape index (κ3) is 2.16. The zero-order chi connectivity index (χ0) is 12.6. The fourth-order valence-corrected chi connectivity index (χ4v) is 1.66. The second-order valence-electron chi connectivity index (χ2n) is 3.70. The predicted molar refractivity (Wildman–Crippen MR) is 56.4 cm³/mol. The van der Waals surface area contributed by atoms with Crippen molar-refractivity contribution in [3.63, 3.8) is 0 Å². The summed E-state index contributed by atoms with van der Waals surface area (Å²) in [6.07, 6.45) is 0. The number of hydrogen-bond acceptors (Lipinski definition) is 0. The second-order valence-corrected chi connectivity index (χ2v) is 3.70. The third-order valence-electron chi connectivity index (χ3n) is 2.48. The van der Waals surface area contributed by atoms with Crippen LogP contribution in [-0.2, 0) is 0 Å². The van der Waals surface area contributed by atoms with E-state index in [1.165, 1.54) is 12.1 Å². The van der Waals surface area contributed by atoms with E-state index in [-0.39, 0.29) is 5.56 Å². The van der Waals surface area contributed by atoms with Gasteiger partial charge in [0.1, 0.15) is 23.3 Å². The maximum atomic E-state index is 13.5. The van der Waals surface area contributed by atoms with Gasteiger partial charge in [-0.3, -0.25) is 0 Å². The molecular weight excluding hydrogens is 232 g/mol. The molecule has 0 fully saturated rings. The monoisotopic (exact) mass is 240 g/mol. The van der Waals surface area contributed by atoms with Crippen molar-refractivity contribution >= 4 is 0 Å². The predicted octanol–water partition coefficient (Wildman–Crippen LogP) is 4.22. The van der Waals surface area contributed by atoms with Gasteiger partial charge in [0, 0.05) is 12.1 Å². The summed E-state index contributed by atoms with van der Waals surface area (Å²) in [5.41, 5.74) is 0.180. The summed E-state index contributed by atoms with van der Waals surface area (Å²) in [5.74, 6) is -3.70. The molecule has 0 aliphatic carbocycles. The molecule has 0 aliphatic heterocycles. The molecule has 4 heteroatoms. The molecule has 0 saturated carbocycles. The van der Waals surface area contributed by atoms with Gasteiger partial charge in [-0.25, -0.2) is 17.6 Å². The highest BCUT2D eigenvalue weighted by atomic mass is 19.1. The molecule has 0 N–H and O–H groups in total. The molecule has 0 unspecified atom stereocenters. The maximum Gasteiger partial charge on any atom is 0.136 e. The second kappa shape index (κ2) is 4.20. The molecule has 2 aromatic rings. The minimum Gasteiger partial charge on any atom is -0.207 e. The normalized spacial score (nSPS) is 10.6. The van der Waals surface area contributed by atoms with Crippen LogP contribution in [0.1, 0.15) is 5.56 Å². The summed E-state index contributed by atoms with van der Waals surface area (Å²) in [6, 6.07) is 4.77. The quantitative estimate of drug-likeness (QED) is 0.655. The molecule has 0 amide bonds. The fraction of sp³-hybridized carbons (Fsp3) is 0.0769. The van der Waals surface area contributed by atoms with E-state index in [0.29, 0.717) is 17.7 Å². The molecule has 0 nitrogen and oxygen atoms in total. The van der Waals surface area contributed by atoms with Gasteiger partial charge >= 0.3 is 0 Å². The highest BCUT2D eigenvalue weighted by Gasteiger charge is 2.15. The Labute approximate surface area is 95.5 Å². The Kier molecular flexibility index (Phi) is 2.88. The first-order valence-corrected chi connectivity index (χ1v) is 4.90. The summed E-state index contributed by atoms with van der Waals surface area (Å²) in [4.78, 5) is 0. The first-order valence-electron chi connectivity index (χ1n) is 4.90. The Morgan fingerprint density at radius 3 is 1.94 bits per heavy atom. The van der Waals surface area contributed by atoms with Crippen LogP contribution >= 0.6 is 0 Å². The lowest BCUT2D eigenvalue weighted by Gasteiger charge is -2.08. The van der Waals surface area contributed by atoms with Crippen LogP contribution in [0.3, 0.4) is 0 Å². The van der Waals surface area contributed by atoms with Crippen molar-refractivity contribution in [2.45, 2.75) is 6.92 Å². The molecule has 2 aromatic carbocycles. The Hall–Kier alpha value is -1.84. The van der Waals surface area contributed by atoms with Crippen LogP contribution in [0.15, 0.2) is 30.3 Å². The van der Waals surface area contributed by atoms with Gasteiger partial charge < -0.3 is 0 Å². The van der Waals surface area contributed by atoms with E-state index in [4.69, 9.17) is 0 Å². The summed E-state index contributed by atoms with van der Waals surface area (Å²) >= 11 is 0. The average Bonchev–Trinajstić information content (AvgIpc) is 2.21. The van der Waals surface area contributed by atoms with Crippen LogP contribution < -0.4 is 0 Å². The van der Waals surface area contributed by atoms with Gasteiger partial charge in [0.05, 0.1) is 5.56 Å². The number of aryl methyl sites for hydroxylation is 1. The molecule has 0 radical (unpaired) electrons. The van der Waals surface area contributed by atoms with Gasteiger partial charge in [-0.15, -0.1) is 0 Å². The van der Waals surface area contributed by atoms with Gasteiger partial charge in [-0.05, 0) is 30.2 Å². The first-order chi connectivity index (χ1) is 7.99. The van der Waals surface area contributed by atoms with Gasteiger partial charge in [0.2, 0.25) is 0 Å². The zero-order valence-corrected chi connectivity index (χ0v) is 8.90. The van der Waals surface area contributed by atoms with Crippen LogP contribution in [0.2, 0.25) is 0 Å². The van der Waals surface area contributed by atoms with Crippen molar-refractivity contribution in [1.29, 1.82) is 0 Å². The first kappa shape index (κ1) is 11.6. The molecule has 0 saturated heterocycles. The molecule has 88 valence electrons. The van der Waals surface area contributed by atoms with Gasteiger partial charge in [0.25, 0.3) is 0 Å². The number of hydrogen-bond donors (Lipinski definition) is 0. The van der Waals surface area contributed by atoms with E-state index in [1.807, 2.05) is 0 Å². The maximum absolute atomic E-state index is 13.5. The summed E-state index contributed by atoms with van der Waals surface area (Å²) in [5, 5.41) is 0. The van der Waals surface area contributed by atoms with E-state index in [2.05, 4.69) is 0 Å². The van der Waals surface area contributed by atoms with Crippen molar-refractivity contribution in [3.05, 3.63) is 59.2 Å². The Morgan fingerprint density at radius 1 is 0.765 bits per heavy atom. The van der Waals surface area contributed by atoms with E-state index >= 15 is 0 Å². The molecule has 0 heterocycles. The molecular formula is C13H8F4. The van der Waals surface area contributed by atoms with Crippen LogP contribution in [0.4, 0.5) is 17.6 Å². The molecule has 2 rings (SSSR count). The number of halogens is 4. The highest BCUT2D eigenvalue weighted by molar-refractivity contribution is 5.68. The highest BCUT2D eigenvalue weighted by Crippen LogP contribution is 2.30. The van der Waals surface area contributed by atoms with Crippen molar-refractivity contribution in [1.82, 2.24) is 0 Å². The van der Waals surface area contributed by atoms with Gasteiger partial charge in [0.15, 0.2) is 0 Å². The molecule has 0 aliphatic rings. The van der Waals surface area contributed by atoms with Crippen molar-refractivity contribution < 1.29 is 17.6 Å². The SMILES string of the molecule is Cc1ccc(F)cc1-c1c(F)cc(F)cc1F. The Bertz CT molecular complexity index is 553. The smallest absolute Gasteiger partial charge is 0.136 e. The van der Waals surface area contributed by atoms with Crippen LogP contribution in [0, 0.1) is 30.2 Å².